The Morgan fingerprint density at radius 1 is 1.23 bits per heavy atom. The summed E-state index contributed by atoms with van der Waals surface area (Å²) in [5.41, 5.74) is -0.748. The van der Waals surface area contributed by atoms with Gasteiger partial charge >= 0.3 is 6.03 Å². The van der Waals surface area contributed by atoms with Gasteiger partial charge in [0.25, 0.3) is 5.91 Å². The standard InChI is InChI=1S/C17H29N3O5S/c1-25-10-9-19(14-6-11-26(23,24)12-14)13-20-15(21)17(18-16(20)22)7-4-2-3-5-8-17/h14H,2-13H2,1H3,(H,18,22)/p+1/t14-/m0/s1. The second kappa shape index (κ2) is 7.82. The van der Waals surface area contributed by atoms with E-state index in [1.807, 2.05) is 0 Å². The predicted molar refractivity (Wildman–Crippen MR) is 95.4 cm³/mol. The molecule has 8 nitrogen and oxygen atoms in total. The number of sulfone groups is 1. The van der Waals surface area contributed by atoms with Crippen molar-refractivity contribution in [1.29, 1.82) is 0 Å². The van der Waals surface area contributed by atoms with Crippen LogP contribution < -0.4 is 10.2 Å². The Hall–Kier alpha value is -1.19. The number of nitrogens with one attached hydrogen (secondary N) is 2. The minimum atomic E-state index is -3.02. The van der Waals surface area contributed by atoms with Crippen molar-refractivity contribution < 1.29 is 27.6 Å². The van der Waals surface area contributed by atoms with Crippen LogP contribution in [0.25, 0.3) is 0 Å². The van der Waals surface area contributed by atoms with E-state index in [1.165, 1.54) is 4.90 Å². The number of urea groups is 1. The molecule has 2 N–H and O–H groups in total. The third kappa shape index (κ3) is 4.04. The summed E-state index contributed by atoms with van der Waals surface area (Å²) in [6.45, 7) is 1.23. The van der Waals surface area contributed by atoms with Crippen LogP contribution in [0.5, 0.6) is 0 Å². The summed E-state index contributed by atoms with van der Waals surface area (Å²) < 4.78 is 28.9. The summed E-state index contributed by atoms with van der Waals surface area (Å²) in [5.74, 6) is 0.152. The second-order valence-electron chi connectivity index (χ2n) is 7.82. The number of nitrogens with zero attached hydrogens (tertiary/aromatic N) is 1. The monoisotopic (exact) mass is 388 g/mol. The Bertz CT molecular complexity index is 643. The van der Waals surface area contributed by atoms with Crippen LogP contribution in [-0.4, -0.2) is 75.3 Å². The lowest BCUT2D eigenvalue weighted by Gasteiger charge is -2.29. The Morgan fingerprint density at radius 3 is 2.50 bits per heavy atom. The molecule has 1 spiro atoms. The second-order valence-corrected chi connectivity index (χ2v) is 10.0. The van der Waals surface area contributed by atoms with Crippen LogP contribution >= 0.6 is 0 Å². The fourth-order valence-corrected chi connectivity index (χ4v) is 6.28. The molecule has 26 heavy (non-hydrogen) atoms. The lowest BCUT2D eigenvalue weighted by Crippen LogP contribution is -3.18. The van der Waals surface area contributed by atoms with E-state index in [-0.39, 0.29) is 36.2 Å². The normalized spacial score (nSPS) is 29.0. The van der Waals surface area contributed by atoms with Gasteiger partial charge < -0.3 is 15.0 Å². The largest absolute Gasteiger partial charge is 0.379 e. The topological polar surface area (TPSA) is 97.2 Å². The van der Waals surface area contributed by atoms with Gasteiger partial charge in [-0.3, -0.25) is 4.79 Å². The van der Waals surface area contributed by atoms with Gasteiger partial charge in [0.1, 0.15) is 23.9 Å². The van der Waals surface area contributed by atoms with Crippen molar-refractivity contribution in [2.24, 2.45) is 0 Å². The fourth-order valence-electron chi connectivity index (χ4n) is 4.46. The first kappa shape index (κ1) is 19.6. The fraction of sp³-hybridized carbons (Fsp3) is 0.882. The zero-order valence-corrected chi connectivity index (χ0v) is 16.3. The van der Waals surface area contributed by atoms with Gasteiger partial charge in [-0.2, -0.15) is 0 Å². The number of carbonyl (C=O) groups excluding carboxylic acids is 2. The van der Waals surface area contributed by atoms with Gasteiger partial charge in [-0.1, -0.05) is 25.7 Å². The maximum absolute atomic E-state index is 13.1. The van der Waals surface area contributed by atoms with Gasteiger partial charge in [0.15, 0.2) is 16.5 Å². The molecule has 0 aromatic heterocycles. The Labute approximate surface area is 155 Å². The van der Waals surface area contributed by atoms with Gasteiger partial charge in [-0.25, -0.2) is 18.1 Å². The van der Waals surface area contributed by atoms with Crippen LogP contribution in [0.1, 0.15) is 44.9 Å². The summed E-state index contributed by atoms with van der Waals surface area (Å²) >= 11 is 0. The zero-order chi connectivity index (χ0) is 18.8. The lowest BCUT2D eigenvalue weighted by atomic mass is 9.90. The first-order valence-corrected chi connectivity index (χ1v) is 11.4. The van der Waals surface area contributed by atoms with Crippen molar-refractivity contribution in [2.45, 2.75) is 56.5 Å². The van der Waals surface area contributed by atoms with Crippen molar-refractivity contribution >= 4 is 21.8 Å². The van der Waals surface area contributed by atoms with E-state index in [0.717, 1.165) is 30.6 Å². The summed E-state index contributed by atoms with van der Waals surface area (Å²) in [7, 11) is -1.43. The van der Waals surface area contributed by atoms with Crippen molar-refractivity contribution in [3.63, 3.8) is 0 Å². The molecule has 148 valence electrons. The van der Waals surface area contributed by atoms with E-state index >= 15 is 0 Å². The molecule has 3 aliphatic rings. The number of amides is 3. The van der Waals surface area contributed by atoms with E-state index in [0.29, 0.717) is 32.4 Å². The number of quaternary nitrogens is 1. The van der Waals surface area contributed by atoms with Gasteiger partial charge in [0.05, 0.1) is 12.4 Å². The third-order valence-corrected chi connectivity index (χ3v) is 7.77. The predicted octanol–water partition coefficient (Wildman–Crippen LogP) is -0.693. The summed E-state index contributed by atoms with van der Waals surface area (Å²) in [6, 6.07) is -0.436. The van der Waals surface area contributed by atoms with Crippen molar-refractivity contribution in [1.82, 2.24) is 10.2 Å². The third-order valence-electron chi connectivity index (χ3n) is 6.00. The molecule has 3 amide bonds. The summed E-state index contributed by atoms with van der Waals surface area (Å²) in [6.07, 6.45) is 6.03. The molecule has 2 saturated heterocycles. The molecule has 2 aliphatic heterocycles. The molecule has 1 saturated carbocycles. The first-order valence-electron chi connectivity index (χ1n) is 9.55. The van der Waals surface area contributed by atoms with E-state index in [4.69, 9.17) is 4.74 Å². The van der Waals surface area contributed by atoms with E-state index < -0.39 is 15.4 Å². The quantitative estimate of drug-likeness (QED) is 0.587. The van der Waals surface area contributed by atoms with Gasteiger partial charge in [-0.05, 0) is 12.8 Å². The molecular weight excluding hydrogens is 358 g/mol. The van der Waals surface area contributed by atoms with Crippen LogP contribution in [0.15, 0.2) is 0 Å². The molecular formula is C17H30N3O5S+. The number of hydrogen-bond acceptors (Lipinski definition) is 5. The maximum Gasteiger partial charge on any atom is 0.329 e. The van der Waals surface area contributed by atoms with Crippen molar-refractivity contribution in [3.05, 3.63) is 0 Å². The van der Waals surface area contributed by atoms with Crippen LogP contribution in [0.2, 0.25) is 0 Å². The molecule has 0 aromatic rings. The summed E-state index contributed by atoms with van der Waals surface area (Å²) in [5, 5.41) is 2.95. The van der Waals surface area contributed by atoms with Crippen LogP contribution in [-0.2, 0) is 19.4 Å². The highest BCUT2D eigenvalue weighted by atomic mass is 32.2. The smallest absolute Gasteiger partial charge is 0.329 e. The number of rotatable bonds is 6. The minimum absolute atomic E-state index is 0.0959. The van der Waals surface area contributed by atoms with E-state index in [1.54, 1.807) is 7.11 Å². The molecule has 1 unspecified atom stereocenters. The molecule has 3 fully saturated rings. The average Bonchev–Trinajstić information content (AvgIpc) is 2.93. The van der Waals surface area contributed by atoms with Gasteiger partial charge in [-0.15, -0.1) is 0 Å². The van der Waals surface area contributed by atoms with Crippen molar-refractivity contribution in [3.8, 4) is 0 Å². The molecule has 1 aliphatic carbocycles. The molecule has 0 bridgehead atoms. The van der Waals surface area contributed by atoms with E-state index in [9.17, 15) is 18.0 Å². The first-order chi connectivity index (χ1) is 12.4. The number of methoxy groups -OCH3 is 1. The molecule has 2 atom stereocenters. The maximum atomic E-state index is 13.1. The molecule has 2 heterocycles. The molecule has 9 heteroatoms. The highest BCUT2D eigenvalue weighted by Crippen LogP contribution is 2.32. The van der Waals surface area contributed by atoms with Crippen molar-refractivity contribution in [2.75, 3.05) is 38.4 Å². The number of imide groups is 1. The summed E-state index contributed by atoms with van der Waals surface area (Å²) in [4.78, 5) is 27.9. The Balaban J connectivity index is 1.73. The van der Waals surface area contributed by atoms with Crippen LogP contribution in [0.4, 0.5) is 4.79 Å². The van der Waals surface area contributed by atoms with Crippen LogP contribution in [0.3, 0.4) is 0 Å². The van der Waals surface area contributed by atoms with E-state index in [2.05, 4.69) is 5.32 Å². The van der Waals surface area contributed by atoms with Crippen LogP contribution in [0, 0.1) is 0 Å². The Kier molecular flexibility index (Phi) is 5.88. The number of hydrogen-bond donors (Lipinski definition) is 2. The Morgan fingerprint density at radius 2 is 1.92 bits per heavy atom. The highest BCUT2D eigenvalue weighted by molar-refractivity contribution is 7.91. The minimum Gasteiger partial charge on any atom is -0.379 e. The average molecular weight is 389 g/mol. The highest BCUT2D eigenvalue weighted by Gasteiger charge is 2.52. The lowest BCUT2D eigenvalue weighted by molar-refractivity contribution is -0.929. The van der Waals surface area contributed by atoms with Gasteiger partial charge in [0, 0.05) is 13.5 Å². The molecule has 0 aromatic carbocycles. The van der Waals surface area contributed by atoms with Gasteiger partial charge in [0.2, 0.25) is 0 Å². The molecule has 0 radical (unpaired) electrons. The number of ether oxygens (including phenoxy) is 1. The SMILES string of the molecule is COCC[NH+](CN1C(=O)NC2(CCCCCC2)C1=O)[C@H]1CCS(=O)(=O)C1. The number of carbonyl (C=O) groups is 2. The zero-order valence-electron chi connectivity index (χ0n) is 15.5. The molecule has 3 rings (SSSR count).